The first-order valence-electron chi connectivity index (χ1n) is 10.1. The fourth-order valence-corrected chi connectivity index (χ4v) is 3.83. The van der Waals surface area contributed by atoms with E-state index in [1.54, 1.807) is 0 Å². The van der Waals surface area contributed by atoms with Gasteiger partial charge in [0.05, 0.1) is 18.9 Å². The Balaban J connectivity index is 1.92. The number of carbonyl (C=O) groups is 3. The molecule has 4 N–H and O–H groups in total. The molecule has 2 aliphatic rings. The third-order valence-corrected chi connectivity index (χ3v) is 5.28. The minimum absolute atomic E-state index is 0.173. The fourth-order valence-electron chi connectivity index (χ4n) is 3.83. The van der Waals surface area contributed by atoms with Gasteiger partial charge in [-0.3, -0.25) is 9.59 Å². The van der Waals surface area contributed by atoms with Gasteiger partial charge in [0.15, 0.2) is 6.10 Å². The number of nitrogens with one attached hydrogen (secondary N) is 2. The smallest absolute Gasteiger partial charge is 0.405 e. The molecule has 170 valence electrons. The summed E-state index contributed by atoms with van der Waals surface area (Å²) in [5, 5.41) is 5.37. The van der Waals surface area contributed by atoms with Gasteiger partial charge in [0, 0.05) is 18.9 Å². The maximum absolute atomic E-state index is 13.8. The number of anilines is 1. The number of hydrogen-bond acceptors (Lipinski definition) is 6. The molecule has 0 radical (unpaired) electrons. The van der Waals surface area contributed by atoms with Crippen LogP contribution in [-0.4, -0.2) is 48.9 Å². The van der Waals surface area contributed by atoms with Crippen molar-refractivity contribution in [2.75, 3.05) is 18.5 Å². The van der Waals surface area contributed by atoms with Crippen LogP contribution < -0.4 is 21.1 Å². The van der Waals surface area contributed by atoms with E-state index in [0.717, 1.165) is 0 Å². The summed E-state index contributed by atoms with van der Waals surface area (Å²) in [5.41, 5.74) is 3.93. The number of fused-ring (bicyclic) bond motifs is 1. The van der Waals surface area contributed by atoms with E-state index in [-0.39, 0.29) is 17.6 Å². The average Bonchev–Trinajstić information content (AvgIpc) is 2.76. The molecule has 1 aromatic carbocycles. The van der Waals surface area contributed by atoms with E-state index in [0.29, 0.717) is 31.7 Å². The molecule has 2 aliphatic heterocycles. The Labute approximate surface area is 179 Å². The van der Waals surface area contributed by atoms with Crippen molar-refractivity contribution in [1.29, 1.82) is 0 Å². The SMILES string of the molecule is CC(C)(C)C[C@H](OC(N)=O)C(=O)N[C@H]1C(=O)Nc2ccc(F)cc2OC12CCOCC2. The van der Waals surface area contributed by atoms with Crippen LogP contribution in [-0.2, 0) is 19.1 Å². The van der Waals surface area contributed by atoms with Crippen molar-refractivity contribution < 1.29 is 33.0 Å². The van der Waals surface area contributed by atoms with Crippen molar-refractivity contribution in [3.63, 3.8) is 0 Å². The maximum atomic E-state index is 13.8. The normalized spacial score (nSPS) is 21.2. The number of ether oxygens (including phenoxy) is 3. The summed E-state index contributed by atoms with van der Waals surface area (Å²) >= 11 is 0. The number of primary amides is 1. The van der Waals surface area contributed by atoms with E-state index in [9.17, 15) is 18.8 Å². The van der Waals surface area contributed by atoms with Gasteiger partial charge in [0.1, 0.15) is 23.2 Å². The molecule has 2 atom stereocenters. The zero-order valence-corrected chi connectivity index (χ0v) is 17.8. The molecular formula is C21H28FN3O6. The second-order valence-electron chi connectivity index (χ2n) is 9.04. The van der Waals surface area contributed by atoms with Gasteiger partial charge in [-0.15, -0.1) is 0 Å². The van der Waals surface area contributed by atoms with Crippen LogP contribution in [0.2, 0.25) is 0 Å². The first-order valence-corrected chi connectivity index (χ1v) is 10.1. The Kier molecular flexibility index (Phi) is 6.40. The van der Waals surface area contributed by atoms with Crippen LogP contribution in [0.25, 0.3) is 0 Å². The second kappa shape index (κ2) is 8.70. The van der Waals surface area contributed by atoms with Crippen LogP contribution >= 0.6 is 0 Å². The Bertz CT molecular complexity index is 863. The topological polar surface area (TPSA) is 129 Å². The van der Waals surface area contributed by atoms with E-state index < -0.39 is 41.5 Å². The van der Waals surface area contributed by atoms with Gasteiger partial charge in [0.2, 0.25) is 0 Å². The summed E-state index contributed by atoms with van der Waals surface area (Å²) in [6.07, 6.45) is -1.50. The van der Waals surface area contributed by atoms with Crippen molar-refractivity contribution in [3.05, 3.63) is 24.0 Å². The summed E-state index contributed by atoms with van der Waals surface area (Å²) in [4.78, 5) is 37.5. The number of hydrogen-bond donors (Lipinski definition) is 3. The Morgan fingerprint density at radius 1 is 1.35 bits per heavy atom. The predicted molar refractivity (Wildman–Crippen MR) is 109 cm³/mol. The van der Waals surface area contributed by atoms with Crippen LogP contribution in [0.3, 0.4) is 0 Å². The van der Waals surface area contributed by atoms with Crippen LogP contribution in [0.4, 0.5) is 14.9 Å². The molecule has 1 fully saturated rings. The molecule has 0 saturated carbocycles. The molecule has 3 amide bonds. The minimum atomic E-state index is -1.19. The van der Waals surface area contributed by atoms with E-state index in [4.69, 9.17) is 19.9 Å². The lowest BCUT2D eigenvalue weighted by Gasteiger charge is -2.41. The molecule has 0 unspecified atom stereocenters. The molecule has 0 aliphatic carbocycles. The molecular weight excluding hydrogens is 409 g/mol. The third-order valence-electron chi connectivity index (χ3n) is 5.28. The molecule has 31 heavy (non-hydrogen) atoms. The highest BCUT2D eigenvalue weighted by atomic mass is 19.1. The van der Waals surface area contributed by atoms with Gasteiger partial charge in [-0.25, -0.2) is 9.18 Å². The molecule has 10 heteroatoms. The van der Waals surface area contributed by atoms with E-state index in [2.05, 4.69) is 10.6 Å². The van der Waals surface area contributed by atoms with Crippen molar-refractivity contribution in [1.82, 2.24) is 5.32 Å². The molecule has 2 heterocycles. The van der Waals surface area contributed by atoms with Crippen molar-refractivity contribution in [2.45, 2.75) is 57.8 Å². The number of carbonyl (C=O) groups excluding carboxylic acids is 3. The predicted octanol–water partition coefficient (Wildman–Crippen LogP) is 2.09. The molecule has 1 spiro atoms. The Hall–Kier alpha value is -2.88. The van der Waals surface area contributed by atoms with Gasteiger partial charge >= 0.3 is 6.09 Å². The fraction of sp³-hybridized carbons (Fsp3) is 0.571. The van der Waals surface area contributed by atoms with Crippen LogP contribution in [0.1, 0.15) is 40.0 Å². The van der Waals surface area contributed by atoms with Crippen LogP contribution in [0.15, 0.2) is 18.2 Å². The summed E-state index contributed by atoms with van der Waals surface area (Å²) in [7, 11) is 0. The molecule has 9 nitrogen and oxygen atoms in total. The highest BCUT2D eigenvalue weighted by molar-refractivity contribution is 6.00. The van der Waals surface area contributed by atoms with Crippen molar-refractivity contribution in [2.24, 2.45) is 11.1 Å². The number of benzene rings is 1. The summed E-state index contributed by atoms with van der Waals surface area (Å²) in [6.45, 7) is 6.24. The molecule has 1 saturated heterocycles. The van der Waals surface area contributed by atoms with Crippen LogP contribution in [0.5, 0.6) is 5.75 Å². The lowest BCUT2D eigenvalue weighted by Crippen LogP contribution is -2.63. The zero-order valence-electron chi connectivity index (χ0n) is 17.8. The molecule has 3 rings (SSSR count). The lowest BCUT2D eigenvalue weighted by atomic mass is 9.84. The van der Waals surface area contributed by atoms with Gasteiger partial charge in [-0.1, -0.05) is 20.8 Å². The number of rotatable bonds is 4. The van der Waals surface area contributed by atoms with Crippen LogP contribution in [0, 0.1) is 11.2 Å². The molecule has 1 aromatic rings. The first-order chi connectivity index (χ1) is 14.5. The average molecular weight is 437 g/mol. The number of amides is 3. The largest absolute Gasteiger partial charge is 0.482 e. The standard InChI is InChI=1S/C21H28FN3O6/c1-20(2,3)11-15(30-19(23)28)17(26)25-16-18(27)24-13-5-4-12(22)10-14(13)31-21(16)6-8-29-9-7-21/h4-5,10,15-16H,6-9,11H2,1-3H3,(H2,23,28)(H,24,27)(H,25,26)/t15-,16-/m0/s1. The second-order valence-corrected chi connectivity index (χ2v) is 9.04. The van der Waals surface area contributed by atoms with Gasteiger partial charge in [-0.2, -0.15) is 0 Å². The van der Waals surface area contributed by atoms with E-state index in [1.165, 1.54) is 18.2 Å². The maximum Gasteiger partial charge on any atom is 0.405 e. The van der Waals surface area contributed by atoms with Gasteiger partial charge in [0.25, 0.3) is 11.8 Å². The van der Waals surface area contributed by atoms with Gasteiger partial charge < -0.3 is 30.6 Å². The number of nitrogens with two attached hydrogens (primary N) is 1. The quantitative estimate of drug-likeness (QED) is 0.662. The van der Waals surface area contributed by atoms with Crippen molar-refractivity contribution in [3.8, 4) is 5.75 Å². The molecule has 0 bridgehead atoms. The highest BCUT2D eigenvalue weighted by Crippen LogP contribution is 2.39. The van der Waals surface area contributed by atoms with E-state index >= 15 is 0 Å². The van der Waals surface area contributed by atoms with Crippen molar-refractivity contribution >= 4 is 23.6 Å². The monoisotopic (exact) mass is 437 g/mol. The zero-order chi connectivity index (χ0) is 22.8. The summed E-state index contributed by atoms with van der Waals surface area (Å²) < 4.78 is 30.4. The lowest BCUT2D eigenvalue weighted by molar-refractivity contribution is -0.141. The van der Waals surface area contributed by atoms with Gasteiger partial charge in [-0.05, 0) is 24.0 Å². The summed E-state index contributed by atoms with van der Waals surface area (Å²) in [6, 6.07) is 2.67. The Morgan fingerprint density at radius 2 is 2.03 bits per heavy atom. The number of halogens is 1. The first kappa shape index (κ1) is 22.8. The summed E-state index contributed by atoms with van der Waals surface area (Å²) in [5.74, 6) is -1.53. The minimum Gasteiger partial charge on any atom is -0.482 e. The third kappa shape index (κ3) is 5.43. The highest BCUT2D eigenvalue weighted by Gasteiger charge is 2.50. The Morgan fingerprint density at radius 3 is 2.65 bits per heavy atom. The molecule has 0 aromatic heterocycles. The van der Waals surface area contributed by atoms with E-state index in [1.807, 2.05) is 20.8 Å².